The third kappa shape index (κ3) is 1.54. The SMILES string of the molecule is CC1=CC(C)(O)N=CN1. The molecule has 0 amide bonds. The minimum absolute atomic E-state index is 0.926. The Kier molecular flexibility index (Phi) is 1.29. The molecule has 1 atom stereocenters. The molecule has 0 aliphatic carbocycles. The van der Waals surface area contributed by atoms with Crippen molar-refractivity contribution in [3.05, 3.63) is 11.8 Å². The minimum Gasteiger partial charge on any atom is -0.366 e. The molecule has 1 heterocycles. The van der Waals surface area contributed by atoms with E-state index < -0.39 is 5.72 Å². The van der Waals surface area contributed by atoms with Crippen molar-refractivity contribution in [3.8, 4) is 0 Å². The summed E-state index contributed by atoms with van der Waals surface area (Å²) in [5, 5.41) is 12.1. The molecule has 0 aromatic carbocycles. The Hall–Kier alpha value is -0.830. The second-order valence-electron chi connectivity index (χ2n) is 2.32. The topological polar surface area (TPSA) is 44.6 Å². The van der Waals surface area contributed by atoms with Gasteiger partial charge < -0.3 is 10.4 Å². The molecule has 0 aromatic heterocycles. The van der Waals surface area contributed by atoms with Gasteiger partial charge in [-0.1, -0.05) is 0 Å². The summed E-state index contributed by atoms with van der Waals surface area (Å²) in [7, 11) is 0. The molecule has 2 N–H and O–H groups in total. The molecule has 9 heavy (non-hydrogen) atoms. The van der Waals surface area contributed by atoms with Crippen LogP contribution in [0.15, 0.2) is 16.8 Å². The van der Waals surface area contributed by atoms with Crippen LogP contribution in [0.1, 0.15) is 13.8 Å². The molecule has 1 aliphatic heterocycles. The van der Waals surface area contributed by atoms with Gasteiger partial charge in [-0.25, -0.2) is 4.99 Å². The first-order valence-electron chi connectivity index (χ1n) is 2.82. The fraction of sp³-hybridized carbons (Fsp3) is 0.500. The Morgan fingerprint density at radius 2 is 2.44 bits per heavy atom. The van der Waals surface area contributed by atoms with Crippen molar-refractivity contribution >= 4 is 6.34 Å². The molecule has 50 valence electrons. The average molecular weight is 126 g/mol. The molecular formula is C6H10N2O. The molecule has 0 saturated heterocycles. The van der Waals surface area contributed by atoms with E-state index in [0.29, 0.717) is 0 Å². The van der Waals surface area contributed by atoms with E-state index in [9.17, 15) is 5.11 Å². The highest BCUT2D eigenvalue weighted by atomic mass is 16.3. The molecule has 3 heteroatoms. The minimum atomic E-state index is -1.00. The molecule has 3 nitrogen and oxygen atoms in total. The van der Waals surface area contributed by atoms with Crippen molar-refractivity contribution in [3.63, 3.8) is 0 Å². The first kappa shape index (κ1) is 6.29. The molecule has 0 saturated carbocycles. The lowest BCUT2D eigenvalue weighted by Gasteiger charge is -2.18. The van der Waals surface area contributed by atoms with E-state index in [4.69, 9.17) is 0 Å². The van der Waals surface area contributed by atoms with Crippen molar-refractivity contribution in [1.29, 1.82) is 0 Å². The lowest BCUT2D eigenvalue weighted by molar-refractivity contribution is 0.120. The number of nitrogens with one attached hydrogen (secondary N) is 1. The van der Waals surface area contributed by atoms with Gasteiger partial charge in [0.1, 0.15) is 0 Å². The van der Waals surface area contributed by atoms with Gasteiger partial charge in [-0.15, -0.1) is 0 Å². The summed E-state index contributed by atoms with van der Waals surface area (Å²) >= 11 is 0. The van der Waals surface area contributed by atoms with Crippen LogP contribution in [0.4, 0.5) is 0 Å². The fourth-order valence-corrected chi connectivity index (χ4v) is 0.754. The summed E-state index contributed by atoms with van der Waals surface area (Å²) in [6.45, 7) is 3.51. The molecule has 0 bridgehead atoms. The summed E-state index contributed by atoms with van der Waals surface area (Å²) in [6, 6.07) is 0. The zero-order valence-corrected chi connectivity index (χ0v) is 5.55. The standard InChI is InChI=1S/C6H10N2O/c1-5-3-6(2,9)8-4-7-5/h3-4,9H,1-2H3,(H,7,8). The van der Waals surface area contributed by atoms with Crippen LogP contribution in [-0.2, 0) is 0 Å². The molecule has 1 aliphatic rings. The number of allylic oxidation sites excluding steroid dienone is 1. The zero-order valence-electron chi connectivity index (χ0n) is 5.55. The molecular weight excluding hydrogens is 116 g/mol. The molecule has 0 spiro atoms. The van der Waals surface area contributed by atoms with Crippen LogP contribution >= 0.6 is 0 Å². The fourth-order valence-electron chi connectivity index (χ4n) is 0.754. The number of nitrogens with zero attached hydrogens (tertiary/aromatic N) is 1. The smallest absolute Gasteiger partial charge is 0.175 e. The highest BCUT2D eigenvalue weighted by molar-refractivity contribution is 5.59. The van der Waals surface area contributed by atoms with Gasteiger partial charge >= 0.3 is 0 Å². The molecule has 1 rings (SSSR count). The van der Waals surface area contributed by atoms with Crippen LogP contribution in [0.3, 0.4) is 0 Å². The number of hydrogen-bond acceptors (Lipinski definition) is 3. The Morgan fingerprint density at radius 3 is 2.78 bits per heavy atom. The predicted octanol–water partition coefficient (Wildman–Crippen LogP) is 0.230. The Morgan fingerprint density at radius 1 is 1.78 bits per heavy atom. The first-order valence-corrected chi connectivity index (χ1v) is 2.82. The molecule has 0 radical (unpaired) electrons. The van der Waals surface area contributed by atoms with Crippen molar-refractivity contribution in [1.82, 2.24) is 5.32 Å². The van der Waals surface area contributed by atoms with Gasteiger partial charge in [0.05, 0.1) is 6.34 Å². The normalized spacial score (nSPS) is 33.4. The van der Waals surface area contributed by atoms with Crippen molar-refractivity contribution in [2.45, 2.75) is 19.6 Å². The van der Waals surface area contributed by atoms with Crippen LogP contribution in [-0.4, -0.2) is 17.2 Å². The Balaban J connectivity index is 2.78. The van der Waals surface area contributed by atoms with E-state index in [1.54, 1.807) is 13.0 Å². The maximum atomic E-state index is 9.23. The largest absolute Gasteiger partial charge is 0.366 e. The van der Waals surface area contributed by atoms with Crippen LogP contribution in [0.2, 0.25) is 0 Å². The monoisotopic (exact) mass is 126 g/mol. The van der Waals surface area contributed by atoms with E-state index in [1.807, 2.05) is 6.92 Å². The average Bonchev–Trinajstić information content (AvgIpc) is 1.60. The third-order valence-corrected chi connectivity index (χ3v) is 1.11. The van der Waals surface area contributed by atoms with Crippen LogP contribution in [0.5, 0.6) is 0 Å². The van der Waals surface area contributed by atoms with Gasteiger partial charge in [-0.3, -0.25) is 0 Å². The van der Waals surface area contributed by atoms with Crippen LogP contribution in [0.25, 0.3) is 0 Å². The van der Waals surface area contributed by atoms with Crippen LogP contribution in [0, 0.1) is 0 Å². The van der Waals surface area contributed by atoms with Gasteiger partial charge in [0.15, 0.2) is 5.72 Å². The summed E-state index contributed by atoms with van der Waals surface area (Å²) < 4.78 is 0. The van der Waals surface area contributed by atoms with Gasteiger partial charge in [0.2, 0.25) is 0 Å². The molecule has 1 unspecified atom stereocenters. The zero-order chi connectivity index (χ0) is 6.91. The van der Waals surface area contributed by atoms with E-state index in [-0.39, 0.29) is 0 Å². The second kappa shape index (κ2) is 1.84. The quantitative estimate of drug-likeness (QED) is 0.488. The van der Waals surface area contributed by atoms with Crippen molar-refractivity contribution < 1.29 is 5.11 Å². The second-order valence-corrected chi connectivity index (χ2v) is 2.32. The summed E-state index contributed by atoms with van der Waals surface area (Å²) in [5.41, 5.74) is -0.0787. The highest BCUT2D eigenvalue weighted by Gasteiger charge is 2.16. The van der Waals surface area contributed by atoms with Crippen molar-refractivity contribution in [2.75, 3.05) is 0 Å². The van der Waals surface area contributed by atoms with E-state index in [2.05, 4.69) is 10.3 Å². The van der Waals surface area contributed by atoms with Gasteiger partial charge in [-0.2, -0.15) is 0 Å². The Labute approximate surface area is 54.1 Å². The van der Waals surface area contributed by atoms with E-state index in [1.165, 1.54) is 6.34 Å². The van der Waals surface area contributed by atoms with E-state index >= 15 is 0 Å². The summed E-state index contributed by atoms with van der Waals surface area (Å²) in [6.07, 6.45) is 3.16. The summed E-state index contributed by atoms with van der Waals surface area (Å²) in [4.78, 5) is 3.76. The Bertz CT molecular complexity index is 170. The highest BCUT2D eigenvalue weighted by Crippen LogP contribution is 2.10. The number of aliphatic hydroxyl groups is 1. The number of aliphatic imine (C=N–C) groups is 1. The first-order chi connectivity index (χ1) is 4.10. The van der Waals surface area contributed by atoms with E-state index in [0.717, 1.165) is 5.70 Å². The van der Waals surface area contributed by atoms with Gasteiger partial charge in [-0.05, 0) is 19.9 Å². The molecule has 0 aromatic rings. The lowest BCUT2D eigenvalue weighted by atomic mass is 10.2. The lowest BCUT2D eigenvalue weighted by Crippen LogP contribution is -2.27. The number of hydrogen-bond donors (Lipinski definition) is 2. The van der Waals surface area contributed by atoms with Crippen LogP contribution < -0.4 is 5.32 Å². The number of rotatable bonds is 0. The maximum absolute atomic E-state index is 9.23. The molecule has 0 fully saturated rings. The predicted molar refractivity (Wildman–Crippen MR) is 36.0 cm³/mol. The van der Waals surface area contributed by atoms with Gasteiger partial charge in [0, 0.05) is 5.70 Å². The summed E-state index contributed by atoms with van der Waals surface area (Å²) in [5.74, 6) is 0. The van der Waals surface area contributed by atoms with Gasteiger partial charge in [0.25, 0.3) is 0 Å². The maximum Gasteiger partial charge on any atom is 0.175 e. The van der Waals surface area contributed by atoms with Crippen molar-refractivity contribution in [2.24, 2.45) is 4.99 Å². The third-order valence-electron chi connectivity index (χ3n) is 1.11.